The first-order chi connectivity index (χ1) is 16.2. The quantitative estimate of drug-likeness (QED) is 0.400. The maximum Gasteiger partial charge on any atom is 0.318 e. The van der Waals surface area contributed by atoms with Crippen LogP contribution < -0.4 is 10.6 Å². The molecule has 33 heavy (non-hydrogen) atoms. The van der Waals surface area contributed by atoms with Crippen molar-refractivity contribution in [2.24, 2.45) is 0 Å². The van der Waals surface area contributed by atoms with E-state index in [1.165, 1.54) is 73.7 Å². The zero-order valence-electron chi connectivity index (χ0n) is 21.1. The van der Waals surface area contributed by atoms with Gasteiger partial charge in [0, 0.05) is 35.1 Å². The van der Waals surface area contributed by atoms with Crippen LogP contribution in [-0.4, -0.2) is 57.1 Å². The third-order valence-electron chi connectivity index (χ3n) is 6.59. The van der Waals surface area contributed by atoms with Gasteiger partial charge < -0.3 is 20.2 Å². The number of benzene rings is 1. The molecule has 0 radical (unpaired) electrons. The van der Waals surface area contributed by atoms with Gasteiger partial charge in [0.1, 0.15) is 6.29 Å². The average Bonchev–Trinajstić information content (AvgIpc) is 3.53. The topological polar surface area (TPSA) is 70.7 Å². The van der Waals surface area contributed by atoms with Gasteiger partial charge >= 0.3 is 6.03 Å². The molecular formula is C27H49N3O3. The summed E-state index contributed by atoms with van der Waals surface area (Å²) >= 11 is 0. The smallest absolute Gasteiger partial charge is 0.318 e. The number of nitrogens with zero attached hydrogens (tertiary/aromatic N) is 1. The Balaban J connectivity index is 0.000000596. The summed E-state index contributed by atoms with van der Waals surface area (Å²) in [5, 5.41) is 5.69. The Hall–Kier alpha value is -1.92. The van der Waals surface area contributed by atoms with E-state index in [2.05, 4.69) is 21.6 Å². The molecule has 3 aliphatic rings. The number of unbranched alkanes of at least 4 members (excludes halogenated alkanes) is 4. The number of hydrogen-bond acceptors (Lipinski definition) is 4. The van der Waals surface area contributed by atoms with Crippen LogP contribution in [-0.2, 0) is 35.2 Å². The summed E-state index contributed by atoms with van der Waals surface area (Å²) in [4.78, 5) is 24.1. The van der Waals surface area contributed by atoms with Crippen LogP contribution in [0.4, 0.5) is 10.5 Å². The van der Waals surface area contributed by atoms with Gasteiger partial charge in [-0.25, -0.2) is 4.79 Å². The standard InChI is InChI=1S/C14H18N2O.C11H21NO2.C2H6.2H2/c1-15-14(17)16-13-11-6-2-4-9(11)8-10-5-3-7-12(10)13;13-9-5-3-1-2-4-6-12-7-10-14-11-8-12;1-2;;/h8H,2-7H2,1H3,(H2,15,16,17);9H,1-8,10-11H2;1-2H3;2*1H. The van der Waals surface area contributed by atoms with E-state index in [0.717, 1.165) is 64.0 Å². The van der Waals surface area contributed by atoms with E-state index in [4.69, 9.17) is 4.74 Å². The van der Waals surface area contributed by atoms with Gasteiger partial charge in [-0.2, -0.15) is 0 Å². The van der Waals surface area contributed by atoms with Crippen molar-refractivity contribution in [3.63, 3.8) is 0 Å². The fraction of sp³-hybridized carbons (Fsp3) is 0.704. The first-order valence-corrected chi connectivity index (χ1v) is 13.1. The minimum Gasteiger partial charge on any atom is -0.379 e. The largest absolute Gasteiger partial charge is 0.379 e. The van der Waals surface area contributed by atoms with Crippen LogP contribution in [0.3, 0.4) is 0 Å². The number of morpholine rings is 1. The number of anilines is 1. The third kappa shape index (κ3) is 8.74. The van der Waals surface area contributed by atoms with Crippen LogP contribution in [0.1, 0.15) is 83.9 Å². The first kappa shape index (κ1) is 27.3. The van der Waals surface area contributed by atoms with Crippen LogP contribution in [0.15, 0.2) is 6.07 Å². The van der Waals surface area contributed by atoms with Gasteiger partial charge in [0.25, 0.3) is 0 Å². The number of nitrogens with one attached hydrogen (secondary N) is 2. The van der Waals surface area contributed by atoms with Crippen molar-refractivity contribution in [1.29, 1.82) is 0 Å². The van der Waals surface area contributed by atoms with E-state index < -0.39 is 0 Å². The predicted molar refractivity (Wildman–Crippen MR) is 141 cm³/mol. The number of rotatable bonds is 8. The zero-order chi connectivity index (χ0) is 23.9. The summed E-state index contributed by atoms with van der Waals surface area (Å²) in [6.45, 7) is 9.17. The van der Waals surface area contributed by atoms with Gasteiger partial charge in [0.2, 0.25) is 0 Å². The molecule has 1 saturated heterocycles. The highest BCUT2D eigenvalue weighted by molar-refractivity contribution is 5.91. The number of aldehydes is 1. The fourth-order valence-corrected chi connectivity index (χ4v) is 4.88. The lowest BCUT2D eigenvalue weighted by Crippen LogP contribution is -2.36. The molecule has 6 nitrogen and oxygen atoms in total. The predicted octanol–water partition coefficient (Wildman–Crippen LogP) is 5.40. The highest BCUT2D eigenvalue weighted by atomic mass is 16.5. The lowest BCUT2D eigenvalue weighted by atomic mass is 9.99. The summed E-state index contributed by atoms with van der Waals surface area (Å²) in [5.41, 5.74) is 6.80. The molecule has 1 aromatic rings. The highest BCUT2D eigenvalue weighted by Crippen LogP contribution is 2.38. The van der Waals surface area contributed by atoms with E-state index in [0.29, 0.717) is 0 Å². The molecule has 2 aliphatic carbocycles. The van der Waals surface area contributed by atoms with Crippen molar-refractivity contribution in [3.8, 4) is 0 Å². The number of hydrogen-bond donors (Lipinski definition) is 2. The number of aryl methyl sites for hydroxylation is 2. The summed E-state index contributed by atoms with van der Waals surface area (Å²) in [6, 6.07) is 2.28. The van der Waals surface area contributed by atoms with Crippen molar-refractivity contribution in [1.82, 2.24) is 10.2 Å². The van der Waals surface area contributed by atoms with Crippen molar-refractivity contribution in [2.45, 2.75) is 84.5 Å². The van der Waals surface area contributed by atoms with Crippen LogP contribution in [0.25, 0.3) is 0 Å². The molecule has 190 valence electrons. The Kier molecular flexibility index (Phi) is 13.1. The molecule has 0 bridgehead atoms. The van der Waals surface area contributed by atoms with Gasteiger partial charge in [-0.15, -0.1) is 0 Å². The summed E-state index contributed by atoms with van der Waals surface area (Å²) in [7, 11) is 1.67. The first-order valence-electron chi connectivity index (χ1n) is 13.1. The fourth-order valence-electron chi connectivity index (χ4n) is 4.88. The van der Waals surface area contributed by atoms with Crippen molar-refractivity contribution in [3.05, 3.63) is 28.3 Å². The SMILES string of the molecule is CC.CNC(=O)Nc1c2c(cc3c1CCC3)CCC2.O=CCCCCCCN1CCOCC1.[HH].[HH]. The number of carbonyl (C=O) groups is 2. The number of amides is 2. The second kappa shape index (κ2) is 15.8. The molecular weight excluding hydrogens is 414 g/mol. The third-order valence-corrected chi connectivity index (χ3v) is 6.59. The molecule has 0 unspecified atom stereocenters. The normalized spacial score (nSPS) is 16.5. The Bertz CT molecular complexity index is 709. The van der Waals surface area contributed by atoms with Gasteiger partial charge in [-0.3, -0.25) is 4.90 Å². The Labute approximate surface area is 203 Å². The lowest BCUT2D eigenvalue weighted by molar-refractivity contribution is -0.107. The Morgan fingerprint density at radius 3 is 2.18 bits per heavy atom. The highest BCUT2D eigenvalue weighted by Gasteiger charge is 2.24. The van der Waals surface area contributed by atoms with E-state index in [1.54, 1.807) is 7.05 Å². The van der Waals surface area contributed by atoms with Gasteiger partial charge in [0.15, 0.2) is 0 Å². The lowest BCUT2D eigenvalue weighted by Gasteiger charge is -2.26. The maximum atomic E-state index is 11.6. The van der Waals surface area contributed by atoms with E-state index in [-0.39, 0.29) is 8.88 Å². The van der Waals surface area contributed by atoms with Crippen molar-refractivity contribution in [2.75, 3.05) is 45.2 Å². The van der Waals surface area contributed by atoms with Crippen LogP contribution in [0.5, 0.6) is 0 Å². The van der Waals surface area contributed by atoms with Crippen LogP contribution >= 0.6 is 0 Å². The van der Waals surface area contributed by atoms with E-state index in [9.17, 15) is 9.59 Å². The summed E-state index contributed by atoms with van der Waals surface area (Å²) < 4.78 is 5.28. The molecule has 2 N–H and O–H groups in total. The minimum absolute atomic E-state index is 0. The van der Waals surface area contributed by atoms with Gasteiger partial charge in [-0.05, 0) is 80.2 Å². The molecule has 0 atom stereocenters. The molecule has 1 fully saturated rings. The molecule has 0 aromatic heterocycles. The minimum atomic E-state index is -0.0978. The number of urea groups is 1. The van der Waals surface area contributed by atoms with Crippen molar-refractivity contribution >= 4 is 18.0 Å². The maximum absolute atomic E-state index is 11.6. The van der Waals surface area contributed by atoms with Crippen LogP contribution in [0.2, 0.25) is 0 Å². The second-order valence-electron chi connectivity index (χ2n) is 8.76. The summed E-state index contributed by atoms with van der Waals surface area (Å²) in [6.07, 6.45) is 13.5. The molecule has 2 amide bonds. The number of fused-ring (bicyclic) bond motifs is 2. The molecule has 1 heterocycles. The van der Waals surface area contributed by atoms with Crippen LogP contribution in [0, 0.1) is 0 Å². The van der Waals surface area contributed by atoms with Gasteiger partial charge in [-0.1, -0.05) is 32.8 Å². The summed E-state index contributed by atoms with van der Waals surface area (Å²) in [5.74, 6) is 0. The average molecular weight is 464 g/mol. The Morgan fingerprint density at radius 1 is 1.00 bits per heavy atom. The molecule has 1 aliphatic heterocycles. The molecule has 0 spiro atoms. The zero-order valence-corrected chi connectivity index (χ0v) is 21.1. The van der Waals surface area contributed by atoms with E-state index >= 15 is 0 Å². The van der Waals surface area contributed by atoms with E-state index in [1.807, 2.05) is 13.8 Å². The molecule has 6 heteroatoms. The molecule has 0 saturated carbocycles. The monoisotopic (exact) mass is 463 g/mol. The second-order valence-corrected chi connectivity index (χ2v) is 8.76. The number of carbonyl (C=O) groups excluding carboxylic acids is 2. The van der Waals surface area contributed by atoms with Gasteiger partial charge in [0.05, 0.1) is 13.2 Å². The number of ether oxygens (including phenoxy) is 1. The Morgan fingerprint density at radius 2 is 1.61 bits per heavy atom. The van der Waals surface area contributed by atoms with Crippen molar-refractivity contribution < 1.29 is 17.2 Å². The molecule has 1 aromatic carbocycles. The molecule has 4 rings (SSSR count).